The van der Waals surface area contributed by atoms with E-state index in [4.69, 9.17) is 4.99 Å². The van der Waals surface area contributed by atoms with Crippen molar-refractivity contribution in [2.45, 2.75) is 32.0 Å². The Balaban J connectivity index is 1.85. The van der Waals surface area contributed by atoms with Gasteiger partial charge in [-0.3, -0.25) is 0 Å². The van der Waals surface area contributed by atoms with Crippen LogP contribution in [0.15, 0.2) is 96.0 Å². The minimum atomic E-state index is -0.336. The first kappa shape index (κ1) is 20.6. The Bertz CT molecular complexity index is 832. The first-order valence-electron chi connectivity index (χ1n) is 10.0. The summed E-state index contributed by atoms with van der Waals surface area (Å²) in [6.07, 6.45) is 0. The molecule has 150 valence electrons. The molecule has 4 heteroatoms. The number of guanidine groups is 1. The molecule has 29 heavy (non-hydrogen) atoms. The lowest BCUT2D eigenvalue weighted by Crippen LogP contribution is -2.40. The van der Waals surface area contributed by atoms with Crippen LogP contribution in [0.3, 0.4) is 0 Å². The Morgan fingerprint density at radius 1 is 0.690 bits per heavy atom. The smallest absolute Gasteiger partial charge is 0.192 e. The van der Waals surface area contributed by atoms with Gasteiger partial charge >= 0.3 is 0 Å². The average molecular weight is 388 g/mol. The van der Waals surface area contributed by atoms with Gasteiger partial charge in [-0.1, -0.05) is 91.0 Å². The van der Waals surface area contributed by atoms with Crippen molar-refractivity contribution in [3.63, 3.8) is 0 Å². The van der Waals surface area contributed by atoms with Crippen LogP contribution < -0.4 is 10.6 Å². The fourth-order valence-corrected chi connectivity index (χ4v) is 3.23. The molecule has 4 nitrogen and oxygen atoms in total. The van der Waals surface area contributed by atoms with E-state index in [1.165, 1.54) is 11.1 Å². The zero-order chi connectivity index (χ0) is 20.5. The second-order valence-electron chi connectivity index (χ2n) is 7.14. The maximum atomic E-state index is 9.97. The molecule has 0 heterocycles. The third-order valence-corrected chi connectivity index (χ3v) is 4.95. The minimum absolute atomic E-state index is 0.0592. The quantitative estimate of drug-likeness (QED) is 0.404. The molecule has 0 amide bonds. The normalized spacial score (nSPS) is 13.8. The molecule has 3 rings (SSSR count). The summed E-state index contributed by atoms with van der Waals surface area (Å²) in [7, 11) is 0. The Morgan fingerprint density at radius 2 is 1.07 bits per heavy atom. The van der Waals surface area contributed by atoms with Gasteiger partial charge in [0.05, 0.1) is 18.7 Å². The predicted octanol–water partition coefficient (Wildman–Crippen LogP) is 4.78. The van der Waals surface area contributed by atoms with Crippen molar-refractivity contribution in [1.29, 1.82) is 0 Å². The molecule has 0 bridgehead atoms. The third-order valence-electron chi connectivity index (χ3n) is 4.95. The van der Waals surface area contributed by atoms with Crippen LogP contribution in [-0.2, 0) is 0 Å². The van der Waals surface area contributed by atoms with Crippen molar-refractivity contribution in [1.82, 2.24) is 10.6 Å². The SMILES string of the molecule is C[C@H](NC(=N[C@@H](CO)c1ccccc1)N[C@@H](C)c1ccccc1)c1ccccc1. The maximum absolute atomic E-state index is 9.97. The van der Waals surface area contributed by atoms with Crippen molar-refractivity contribution >= 4 is 5.96 Å². The third kappa shape index (κ3) is 5.93. The molecular formula is C25H29N3O. The molecule has 0 aliphatic carbocycles. The highest BCUT2D eigenvalue weighted by molar-refractivity contribution is 5.81. The van der Waals surface area contributed by atoms with E-state index in [1.807, 2.05) is 66.7 Å². The highest BCUT2D eigenvalue weighted by Crippen LogP contribution is 2.19. The summed E-state index contributed by atoms with van der Waals surface area (Å²) in [4.78, 5) is 4.84. The number of hydrogen-bond donors (Lipinski definition) is 3. The summed E-state index contributed by atoms with van der Waals surface area (Å²) in [5, 5.41) is 17.0. The Kier molecular flexibility index (Phi) is 7.42. The lowest BCUT2D eigenvalue weighted by Gasteiger charge is -2.24. The summed E-state index contributed by atoms with van der Waals surface area (Å²) in [6, 6.07) is 30.2. The fraction of sp³-hybridized carbons (Fsp3) is 0.240. The monoisotopic (exact) mass is 387 g/mol. The van der Waals surface area contributed by atoms with Gasteiger partial charge in [-0.05, 0) is 30.5 Å². The van der Waals surface area contributed by atoms with Crippen LogP contribution in [0.5, 0.6) is 0 Å². The number of nitrogens with zero attached hydrogens (tertiary/aromatic N) is 1. The van der Waals surface area contributed by atoms with E-state index >= 15 is 0 Å². The zero-order valence-corrected chi connectivity index (χ0v) is 17.0. The van der Waals surface area contributed by atoms with Gasteiger partial charge in [-0.2, -0.15) is 0 Å². The molecule has 3 aromatic rings. The Labute approximate surface area is 173 Å². The van der Waals surface area contributed by atoms with Gasteiger partial charge in [0.15, 0.2) is 5.96 Å². The predicted molar refractivity (Wildman–Crippen MR) is 120 cm³/mol. The van der Waals surface area contributed by atoms with E-state index in [0.29, 0.717) is 5.96 Å². The summed E-state index contributed by atoms with van der Waals surface area (Å²) in [6.45, 7) is 4.16. The topological polar surface area (TPSA) is 56.7 Å². The van der Waals surface area contributed by atoms with Gasteiger partial charge in [0, 0.05) is 0 Å². The number of nitrogens with one attached hydrogen (secondary N) is 2. The molecule has 3 N–H and O–H groups in total. The van der Waals surface area contributed by atoms with Gasteiger partial charge in [-0.25, -0.2) is 4.99 Å². The highest BCUT2D eigenvalue weighted by atomic mass is 16.3. The summed E-state index contributed by atoms with van der Waals surface area (Å²) in [5.74, 6) is 0.667. The molecule has 0 unspecified atom stereocenters. The van der Waals surface area contributed by atoms with E-state index in [2.05, 4.69) is 48.7 Å². The van der Waals surface area contributed by atoms with Crippen LogP contribution in [0.4, 0.5) is 0 Å². The summed E-state index contributed by atoms with van der Waals surface area (Å²) >= 11 is 0. The number of aliphatic hydroxyl groups is 1. The maximum Gasteiger partial charge on any atom is 0.192 e. The molecule has 0 saturated heterocycles. The Hall–Kier alpha value is -3.11. The van der Waals surface area contributed by atoms with Crippen molar-refractivity contribution in [2.75, 3.05) is 6.61 Å². The first-order chi connectivity index (χ1) is 14.2. The molecule has 0 aliphatic heterocycles. The van der Waals surface area contributed by atoms with Gasteiger partial charge in [-0.15, -0.1) is 0 Å². The lowest BCUT2D eigenvalue weighted by molar-refractivity contribution is 0.268. The standard InChI is InChI=1S/C25H29N3O/c1-19(21-12-6-3-7-13-21)26-25(27-20(2)22-14-8-4-9-15-22)28-24(18-29)23-16-10-5-11-17-23/h3-17,19-20,24,29H,18H2,1-2H3,(H2,26,27,28)/t19-,20-,24-/m0/s1. The van der Waals surface area contributed by atoms with Gasteiger partial charge in [0.25, 0.3) is 0 Å². The molecule has 0 saturated carbocycles. The lowest BCUT2D eigenvalue weighted by atomic mass is 10.1. The van der Waals surface area contributed by atoms with E-state index in [0.717, 1.165) is 5.56 Å². The second kappa shape index (κ2) is 10.4. The molecular weight excluding hydrogens is 358 g/mol. The van der Waals surface area contributed by atoms with Crippen LogP contribution >= 0.6 is 0 Å². The summed E-state index contributed by atoms with van der Waals surface area (Å²) < 4.78 is 0. The number of hydrogen-bond acceptors (Lipinski definition) is 2. The average Bonchev–Trinajstić information content (AvgIpc) is 2.79. The van der Waals surface area contributed by atoms with Crippen LogP contribution in [0.1, 0.15) is 48.7 Å². The minimum Gasteiger partial charge on any atom is -0.394 e. The molecule has 0 radical (unpaired) electrons. The van der Waals surface area contributed by atoms with Crippen LogP contribution in [0.25, 0.3) is 0 Å². The second-order valence-corrected chi connectivity index (χ2v) is 7.14. The largest absolute Gasteiger partial charge is 0.394 e. The molecule has 3 atom stereocenters. The van der Waals surface area contributed by atoms with E-state index in [9.17, 15) is 5.11 Å². The zero-order valence-electron chi connectivity index (χ0n) is 17.0. The molecule has 0 aliphatic rings. The van der Waals surface area contributed by atoms with Crippen LogP contribution in [0.2, 0.25) is 0 Å². The van der Waals surface area contributed by atoms with Crippen molar-refractivity contribution in [3.05, 3.63) is 108 Å². The summed E-state index contributed by atoms with van der Waals surface area (Å²) in [5.41, 5.74) is 3.33. The highest BCUT2D eigenvalue weighted by Gasteiger charge is 2.15. The van der Waals surface area contributed by atoms with E-state index in [1.54, 1.807) is 0 Å². The van der Waals surface area contributed by atoms with Gasteiger partial charge < -0.3 is 15.7 Å². The first-order valence-corrected chi connectivity index (χ1v) is 10.0. The molecule has 0 fully saturated rings. The molecule has 0 aromatic heterocycles. The van der Waals surface area contributed by atoms with Crippen molar-refractivity contribution < 1.29 is 5.11 Å². The fourth-order valence-electron chi connectivity index (χ4n) is 3.23. The number of benzene rings is 3. The number of aliphatic hydroxyl groups excluding tert-OH is 1. The van der Waals surface area contributed by atoms with Gasteiger partial charge in [0.2, 0.25) is 0 Å². The number of aliphatic imine (C=N–C) groups is 1. The van der Waals surface area contributed by atoms with E-state index in [-0.39, 0.29) is 24.7 Å². The molecule has 3 aromatic carbocycles. The Morgan fingerprint density at radius 3 is 1.45 bits per heavy atom. The van der Waals surface area contributed by atoms with E-state index < -0.39 is 0 Å². The molecule has 0 spiro atoms. The van der Waals surface area contributed by atoms with Crippen LogP contribution in [0, 0.1) is 0 Å². The van der Waals surface area contributed by atoms with Crippen LogP contribution in [-0.4, -0.2) is 17.7 Å². The van der Waals surface area contributed by atoms with Crippen molar-refractivity contribution in [2.24, 2.45) is 4.99 Å². The van der Waals surface area contributed by atoms with Crippen molar-refractivity contribution in [3.8, 4) is 0 Å². The van der Waals surface area contributed by atoms with Gasteiger partial charge in [0.1, 0.15) is 6.04 Å². The number of rotatable bonds is 7.